The van der Waals surface area contributed by atoms with Crippen LogP contribution in [0.2, 0.25) is 0 Å². The lowest BCUT2D eigenvalue weighted by Crippen LogP contribution is -1.92. The summed E-state index contributed by atoms with van der Waals surface area (Å²) in [5.41, 5.74) is 4.57. The van der Waals surface area contributed by atoms with Gasteiger partial charge in [0, 0.05) is 7.05 Å². The molecule has 0 radical (unpaired) electrons. The Morgan fingerprint density at radius 1 is 1.15 bits per heavy atom. The van der Waals surface area contributed by atoms with Crippen molar-refractivity contribution in [3.05, 3.63) is 54.0 Å². The third kappa shape index (κ3) is 1.69. The molecule has 4 aromatic rings. The number of hydrogen-bond donors (Lipinski definition) is 1. The highest BCUT2D eigenvalue weighted by Crippen LogP contribution is 2.30. The molecule has 3 heterocycles. The number of benzene rings is 1. The van der Waals surface area contributed by atoms with E-state index >= 15 is 0 Å². The Balaban J connectivity index is 1.82. The third-order valence-electron chi connectivity index (χ3n) is 3.57. The van der Waals surface area contributed by atoms with Gasteiger partial charge in [-0.2, -0.15) is 0 Å². The van der Waals surface area contributed by atoms with Gasteiger partial charge in [-0.25, -0.2) is 4.98 Å². The quantitative estimate of drug-likeness (QED) is 0.583. The summed E-state index contributed by atoms with van der Waals surface area (Å²) in [7, 11) is 2.08. The molecule has 0 atom stereocenters. The van der Waals surface area contributed by atoms with E-state index in [0.29, 0.717) is 0 Å². The highest BCUT2D eigenvalue weighted by atomic mass is 32.1. The van der Waals surface area contributed by atoms with E-state index in [1.165, 1.54) is 10.2 Å². The number of aryl methyl sites for hydroxylation is 1. The second-order valence-corrected chi connectivity index (χ2v) is 5.72. The molecule has 0 unspecified atom stereocenters. The maximum absolute atomic E-state index is 4.53. The molecule has 0 aliphatic heterocycles. The Bertz CT molecular complexity index is 868. The van der Waals surface area contributed by atoms with Crippen LogP contribution in [0.1, 0.15) is 0 Å². The maximum Gasteiger partial charge on any atom is 0.154 e. The van der Waals surface area contributed by atoms with Crippen molar-refractivity contribution in [1.29, 1.82) is 0 Å². The smallest absolute Gasteiger partial charge is 0.154 e. The predicted molar refractivity (Wildman–Crippen MR) is 83.8 cm³/mol. The van der Waals surface area contributed by atoms with Crippen LogP contribution >= 0.6 is 11.3 Å². The normalized spacial score (nSPS) is 11.2. The summed E-state index contributed by atoms with van der Waals surface area (Å²) in [6, 6.07) is 14.6. The Kier molecular flexibility index (Phi) is 2.50. The molecular weight excluding hydrogens is 266 g/mol. The first-order valence-electron chi connectivity index (χ1n) is 6.46. The van der Waals surface area contributed by atoms with Crippen LogP contribution in [0.3, 0.4) is 0 Å². The zero-order valence-electron chi connectivity index (χ0n) is 11.0. The van der Waals surface area contributed by atoms with Crippen LogP contribution < -0.4 is 0 Å². The SMILES string of the molecule is Cn1c(-c2ncc(-c3ccccc3)[nH]2)cc2sccc21. The first-order valence-corrected chi connectivity index (χ1v) is 7.34. The van der Waals surface area contributed by atoms with Crippen molar-refractivity contribution in [3.63, 3.8) is 0 Å². The van der Waals surface area contributed by atoms with Gasteiger partial charge in [0.15, 0.2) is 5.82 Å². The topological polar surface area (TPSA) is 33.6 Å². The van der Waals surface area contributed by atoms with Gasteiger partial charge < -0.3 is 9.55 Å². The van der Waals surface area contributed by atoms with E-state index in [2.05, 4.69) is 51.2 Å². The van der Waals surface area contributed by atoms with Crippen molar-refractivity contribution >= 4 is 21.6 Å². The lowest BCUT2D eigenvalue weighted by atomic mass is 10.2. The monoisotopic (exact) mass is 279 g/mol. The Morgan fingerprint density at radius 3 is 2.80 bits per heavy atom. The minimum absolute atomic E-state index is 0.912. The second kappa shape index (κ2) is 4.35. The largest absolute Gasteiger partial charge is 0.340 e. The van der Waals surface area contributed by atoms with E-state index in [1.54, 1.807) is 11.3 Å². The van der Waals surface area contributed by atoms with Crippen LogP contribution in [0.15, 0.2) is 54.0 Å². The Hall–Kier alpha value is -2.33. The lowest BCUT2D eigenvalue weighted by Gasteiger charge is -2.00. The van der Waals surface area contributed by atoms with Crippen molar-refractivity contribution < 1.29 is 0 Å². The number of nitrogens with zero attached hydrogens (tertiary/aromatic N) is 2. The fraction of sp³-hybridized carbons (Fsp3) is 0.0625. The average molecular weight is 279 g/mol. The van der Waals surface area contributed by atoms with Gasteiger partial charge in [-0.05, 0) is 23.1 Å². The number of nitrogens with one attached hydrogen (secondary N) is 1. The molecule has 98 valence electrons. The molecule has 4 rings (SSSR count). The van der Waals surface area contributed by atoms with E-state index in [9.17, 15) is 0 Å². The van der Waals surface area contributed by atoms with E-state index in [0.717, 1.165) is 22.8 Å². The molecule has 1 N–H and O–H groups in total. The van der Waals surface area contributed by atoms with Crippen LogP contribution in [0.25, 0.3) is 33.0 Å². The van der Waals surface area contributed by atoms with Gasteiger partial charge in [0.25, 0.3) is 0 Å². The summed E-state index contributed by atoms with van der Waals surface area (Å²) in [5.74, 6) is 0.912. The van der Waals surface area contributed by atoms with E-state index < -0.39 is 0 Å². The lowest BCUT2D eigenvalue weighted by molar-refractivity contribution is 0.966. The minimum Gasteiger partial charge on any atom is -0.340 e. The molecule has 0 saturated carbocycles. The van der Waals surface area contributed by atoms with Gasteiger partial charge in [-0.15, -0.1) is 11.3 Å². The summed E-state index contributed by atoms with van der Waals surface area (Å²) in [6.45, 7) is 0. The number of rotatable bonds is 2. The molecule has 0 bridgehead atoms. The number of H-pyrrole nitrogens is 1. The average Bonchev–Trinajstić information content (AvgIpc) is 3.18. The molecular formula is C16H13N3S. The van der Waals surface area contributed by atoms with Gasteiger partial charge in [0.2, 0.25) is 0 Å². The number of aromatic nitrogens is 3. The fourth-order valence-corrected chi connectivity index (χ4v) is 3.34. The second-order valence-electron chi connectivity index (χ2n) is 4.77. The molecule has 1 aromatic carbocycles. The molecule has 20 heavy (non-hydrogen) atoms. The molecule has 3 aromatic heterocycles. The molecule has 0 aliphatic rings. The van der Waals surface area contributed by atoms with Crippen LogP contribution in [0.4, 0.5) is 0 Å². The molecule has 0 saturated heterocycles. The van der Waals surface area contributed by atoms with Crippen LogP contribution in [-0.4, -0.2) is 14.5 Å². The summed E-state index contributed by atoms with van der Waals surface area (Å²) < 4.78 is 3.47. The fourth-order valence-electron chi connectivity index (χ4n) is 2.49. The highest BCUT2D eigenvalue weighted by molar-refractivity contribution is 7.17. The van der Waals surface area contributed by atoms with E-state index in [-0.39, 0.29) is 0 Å². The van der Waals surface area contributed by atoms with Crippen molar-refractivity contribution in [3.8, 4) is 22.8 Å². The van der Waals surface area contributed by atoms with Gasteiger partial charge in [0.1, 0.15) is 0 Å². The van der Waals surface area contributed by atoms with Crippen LogP contribution in [-0.2, 0) is 7.05 Å². The molecule has 0 amide bonds. The van der Waals surface area contributed by atoms with Gasteiger partial charge in [-0.1, -0.05) is 30.3 Å². The molecule has 0 fully saturated rings. The van der Waals surface area contributed by atoms with Crippen molar-refractivity contribution in [2.75, 3.05) is 0 Å². The maximum atomic E-state index is 4.53. The summed E-state index contributed by atoms with van der Waals surface area (Å²) in [4.78, 5) is 7.94. The summed E-state index contributed by atoms with van der Waals surface area (Å²) in [5, 5.41) is 2.12. The predicted octanol–water partition coefficient (Wildman–Crippen LogP) is 4.30. The summed E-state index contributed by atoms with van der Waals surface area (Å²) >= 11 is 1.76. The minimum atomic E-state index is 0.912. The zero-order chi connectivity index (χ0) is 13.5. The summed E-state index contributed by atoms with van der Waals surface area (Å²) in [6.07, 6.45) is 1.89. The first kappa shape index (κ1) is 11.5. The van der Waals surface area contributed by atoms with Crippen LogP contribution in [0.5, 0.6) is 0 Å². The number of imidazole rings is 1. The number of thiophene rings is 1. The Morgan fingerprint density at radius 2 is 2.00 bits per heavy atom. The number of aromatic amines is 1. The molecule has 3 nitrogen and oxygen atoms in total. The van der Waals surface area contributed by atoms with Gasteiger partial charge in [0.05, 0.1) is 27.8 Å². The number of hydrogen-bond acceptors (Lipinski definition) is 2. The van der Waals surface area contributed by atoms with Gasteiger partial charge in [-0.3, -0.25) is 0 Å². The molecule has 0 aliphatic carbocycles. The van der Waals surface area contributed by atoms with Crippen molar-refractivity contribution in [1.82, 2.24) is 14.5 Å². The molecule has 0 spiro atoms. The van der Waals surface area contributed by atoms with Crippen molar-refractivity contribution in [2.45, 2.75) is 0 Å². The standard InChI is InChI=1S/C16H13N3S/c1-19-13-7-8-20-15(13)9-14(19)16-17-10-12(18-16)11-5-3-2-4-6-11/h2-10H,1H3,(H,17,18). The zero-order valence-corrected chi connectivity index (χ0v) is 11.8. The first-order chi connectivity index (χ1) is 9.83. The third-order valence-corrected chi connectivity index (χ3v) is 4.42. The van der Waals surface area contributed by atoms with Crippen LogP contribution in [0, 0.1) is 0 Å². The molecule has 4 heteroatoms. The number of fused-ring (bicyclic) bond motifs is 1. The van der Waals surface area contributed by atoms with Gasteiger partial charge >= 0.3 is 0 Å². The van der Waals surface area contributed by atoms with Crippen molar-refractivity contribution in [2.24, 2.45) is 7.05 Å². The van der Waals surface area contributed by atoms with E-state index in [1.807, 2.05) is 24.4 Å². The highest BCUT2D eigenvalue weighted by Gasteiger charge is 2.12. The van der Waals surface area contributed by atoms with E-state index in [4.69, 9.17) is 0 Å². The Labute approximate surface area is 120 Å².